The van der Waals surface area contributed by atoms with Gasteiger partial charge in [0, 0.05) is 13.0 Å². The smallest absolute Gasteiger partial charge is 0.320 e. The molecule has 1 N–H and O–H groups in total. The van der Waals surface area contributed by atoms with Crippen LogP contribution < -0.4 is 5.32 Å². The van der Waals surface area contributed by atoms with Gasteiger partial charge in [0.05, 0.1) is 12.6 Å². The SMILES string of the molecule is CNC(=O)C1CCN(CC(=O)OC(C)C)CC1. The highest BCUT2D eigenvalue weighted by atomic mass is 16.5. The van der Waals surface area contributed by atoms with Crippen molar-refractivity contribution >= 4 is 11.9 Å². The van der Waals surface area contributed by atoms with Gasteiger partial charge in [-0.25, -0.2) is 0 Å². The molecule has 0 aromatic rings. The fourth-order valence-corrected chi connectivity index (χ4v) is 2.04. The third-order valence-electron chi connectivity index (χ3n) is 2.92. The highest BCUT2D eigenvalue weighted by Crippen LogP contribution is 2.16. The lowest BCUT2D eigenvalue weighted by Gasteiger charge is -2.30. The van der Waals surface area contributed by atoms with Crippen molar-refractivity contribution in [2.45, 2.75) is 32.8 Å². The van der Waals surface area contributed by atoms with E-state index in [0.29, 0.717) is 6.54 Å². The number of ether oxygens (including phenoxy) is 1. The van der Waals surface area contributed by atoms with E-state index in [1.807, 2.05) is 18.7 Å². The number of esters is 1. The minimum Gasteiger partial charge on any atom is -0.462 e. The molecule has 1 saturated heterocycles. The molecule has 0 saturated carbocycles. The van der Waals surface area contributed by atoms with Gasteiger partial charge >= 0.3 is 5.97 Å². The summed E-state index contributed by atoms with van der Waals surface area (Å²) in [6.45, 7) is 5.58. The third-order valence-corrected chi connectivity index (χ3v) is 2.92. The van der Waals surface area contributed by atoms with Gasteiger partial charge in [-0.15, -0.1) is 0 Å². The molecule has 1 fully saturated rings. The van der Waals surface area contributed by atoms with E-state index in [2.05, 4.69) is 5.32 Å². The lowest BCUT2D eigenvalue weighted by Crippen LogP contribution is -2.42. The van der Waals surface area contributed by atoms with Crippen molar-refractivity contribution in [3.05, 3.63) is 0 Å². The largest absolute Gasteiger partial charge is 0.462 e. The summed E-state index contributed by atoms with van der Waals surface area (Å²) in [6, 6.07) is 0. The van der Waals surface area contributed by atoms with Crippen molar-refractivity contribution in [2.24, 2.45) is 5.92 Å². The van der Waals surface area contributed by atoms with Crippen LogP contribution in [0.2, 0.25) is 0 Å². The Balaban J connectivity index is 2.27. The van der Waals surface area contributed by atoms with Crippen LogP contribution in [0.15, 0.2) is 0 Å². The Hall–Kier alpha value is -1.10. The maximum absolute atomic E-state index is 11.5. The zero-order valence-electron chi connectivity index (χ0n) is 10.9. The number of rotatable bonds is 4. The first-order valence-electron chi connectivity index (χ1n) is 6.16. The molecule has 1 amide bonds. The summed E-state index contributed by atoms with van der Waals surface area (Å²) >= 11 is 0. The number of carbonyl (C=O) groups excluding carboxylic acids is 2. The molecule has 0 bridgehead atoms. The Labute approximate surface area is 102 Å². The van der Waals surface area contributed by atoms with Gasteiger partial charge in [-0.2, -0.15) is 0 Å². The minimum absolute atomic E-state index is 0.0640. The molecule has 0 atom stereocenters. The van der Waals surface area contributed by atoms with Gasteiger partial charge in [-0.3, -0.25) is 14.5 Å². The van der Waals surface area contributed by atoms with Gasteiger partial charge in [-0.1, -0.05) is 0 Å². The summed E-state index contributed by atoms with van der Waals surface area (Å²) < 4.78 is 5.09. The summed E-state index contributed by atoms with van der Waals surface area (Å²) in [7, 11) is 1.66. The van der Waals surface area contributed by atoms with Crippen LogP contribution in [0, 0.1) is 5.92 Å². The maximum atomic E-state index is 11.5. The minimum atomic E-state index is -0.182. The number of carbonyl (C=O) groups is 2. The number of nitrogens with one attached hydrogen (secondary N) is 1. The number of nitrogens with zero attached hydrogens (tertiary/aromatic N) is 1. The van der Waals surface area contributed by atoms with Crippen molar-refractivity contribution < 1.29 is 14.3 Å². The molecule has 0 aromatic carbocycles. The van der Waals surface area contributed by atoms with Crippen LogP contribution in [0.3, 0.4) is 0 Å². The highest BCUT2D eigenvalue weighted by molar-refractivity contribution is 5.78. The molecule has 17 heavy (non-hydrogen) atoms. The molecule has 0 radical (unpaired) electrons. The molecule has 1 heterocycles. The first kappa shape index (κ1) is 14.0. The fourth-order valence-electron chi connectivity index (χ4n) is 2.04. The molecule has 0 aliphatic carbocycles. The molecule has 1 aliphatic heterocycles. The summed E-state index contributed by atoms with van der Waals surface area (Å²) in [4.78, 5) is 24.9. The molecule has 5 nitrogen and oxygen atoms in total. The first-order chi connectivity index (χ1) is 8.02. The van der Waals surface area contributed by atoms with Crippen molar-refractivity contribution in [1.29, 1.82) is 0 Å². The quantitative estimate of drug-likeness (QED) is 0.725. The van der Waals surface area contributed by atoms with Crippen molar-refractivity contribution in [2.75, 3.05) is 26.7 Å². The Morgan fingerprint density at radius 3 is 2.41 bits per heavy atom. The molecule has 5 heteroatoms. The van der Waals surface area contributed by atoms with E-state index in [4.69, 9.17) is 4.74 Å². The van der Waals surface area contributed by atoms with E-state index in [1.165, 1.54) is 0 Å². The third kappa shape index (κ3) is 4.73. The number of amides is 1. The Bertz CT molecular complexity index is 271. The van der Waals surface area contributed by atoms with Crippen molar-refractivity contribution in [3.8, 4) is 0 Å². The van der Waals surface area contributed by atoms with E-state index in [-0.39, 0.29) is 23.9 Å². The van der Waals surface area contributed by atoms with Crippen LogP contribution in [0.4, 0.5) is 0 Å². The zero-order valence-corrected chi connectivity index (χ0v) is 10.9. The standard InChI is InChI=1S/C12H22N2O3/c1-9(2)17-11(15)8-14-6-4-10(5-7-14)12(16)13-3/h9-10H,4-8H2,1-3H3,(H,13,16). The van der Waals surface area contributed by atoms with Crippen LogP contribution >= 0.6 is 0 Å². The molecule has 98 valence electrons. The van der Waals surface area contributed by atoms with Gasteiger partial charge in [-0.05, 0) is 39.8 Å². The number of hydrogen-bond acceptors (Lipinski definition) is 4. The molecule has 0 unspecified atom stereocenters. The van der Waals surface area contributed by atoms with E-state index < -0.39 is 0 Å². The topological polar surface area (TPSA) is 58.6 Å². The van der Waals surface area contributed by atoms with Crippen LogP contribution in [0.1, 0.15) is 26.7 Å². The van der Waals surface area contributed by atoms with Crippen molar-refractivity contribution in [3.63, 3.8) is 0 Å². The van der Waals surface area contributed by atoms with Crippen molar-refractivity contribution in [1.82, 2.24) is 10.2 Å². The monoisotopic (exact) mass is 242 g/mol. The Morgan fingerprint density at radius 1 is 1.35 bits per heavy atom. The summed E-state index contributed by atoms with van der Waals surface area (Å²) in [5.41, 5.74) is 0. The van der Waals surface area contributed by atoms with Gasteiger partial charge in [0.2, 0.25) is 5.91 Å². The normalized spacial score (nSPS) is 18.1. The van der Waals surface area contributed by atoms with Gasteiger partial charge < -0.3 is 10.1 Å². The van der Waals surface area contributed by atoms with Gasteiger partial charge in [0.15, 0.2) is 0 Å². The maximum Gasteiger partial charge on any atom is 0.320 e. The Morgan fingerprint density at radius 2 is 1.94 bits per heavy atom. The molecule has 0 spiro atoms. The number of hydrogen-bond donors (Lipinski definition) is 1. The average molecular weight is 242 g/mol. The summed E-state index contributed by atoms with van der Waals surface area (Å²) in [5.74, 6) is 0.0187. The highest BCUT2D eigenvalue weighted by Gasteiger charge is 2.25. The second-order valence-corrected chi connectivity index (χ2v) is 4.70. The zero-order chi connectivity index (χ0) is 12.8. The fraction of sp³-hybridized carbons (Fsp3) is 0.833. The molecule has 1 rings (SSSR count). The molecule has 0 aromatic heterocycles. The van der Waals surface area contributed by atoms with E-state index in [1.54, 1.807) is 7.05 Å². The van der Waals surface area contributed by atoms with Gasteiger partial charge in [0.25, 0.3) is 0 Å². The second kappa shape index (κ2) is 6.59. The molecular formula is C12H22N2O3. The van der Waals surface area contributed by atoms with E-state index >= 15 is 0 Å². The van der Waals surface area contributed by atoms with E-state index in [9.17, 15) is 9.59 Å². The predicted octanol–water partition coefficient (Wildman–Crippen LogP) is 0.396. The number of likely N-dealkylation sites (tertiary alicyclic amines) is 1. The Kier molecular flexibility index (Phi) is 5.41. The average Bonchev–Trinajstić information content (AvgIpc) is 2.28. The number of piperidine rings is 1. The predicted molar refractivity (Wildman–Crippen MR) is 64.5 cm³/mol. The first-order valence-corrected chi connectivity index (χ1v) is 6.16. The van der Waals surface area contributed by atoms with Crippen LogP contribution in [-0.4, -0.2) is 49.6 Å². The van der Waals surface area contributed by atoms with E-state index in [0.717, 1.165) is 25.9 Å². The lowest BCUT2D eigenvalue weighted by atomic mass is 9.96. The van der Waals surface area contributed by atoms with Gasteiger partial charge in [0.1, 0.15) is 0 Å². The second-order valence-electron chi connectivity index (χ2n) is 4.70. The molecular weight excluding hydrogens is 220 g/mol. The van der Waals surface area contributed by atoms with Crippen LogP contribution in [0.5, 0.6) is 0 Å². The van der Waals surface area contributed by atoms with Crippen LogP contribution in [-0.2, 0) is 14.3 Å². The lowest BCUT2D eigenvalue weighted by molar-refractivity contribution is -0.149. The molecule has 1 aliphatic rings. The summed E-state index contributed by atoms with van der Waals surface area (Å²) in [5, 5.41) is 2.67. The summed E-state index contributed by atoms with van der Waals surface area (Å²) in [6.07, 6.45) is 1.56. The van der Waals surface area contributed by atoms with Crippen LogP contribution in [0.25, 0.3) is 0 Å².